The molecule has 0 aliphatic carbocycles. The maximum atomic E-state index is 12.1. The van der Waals surface area contributed by atoms with E-state index in [0.717, 1.165) is 0 Å². The van der Waals surface area contributed by atoms with Gasteiger partial charge in [0.15, 0.2) is 11.5 Å². The van der Waals surface area contributed by atoms with Gasteiger partial charge in [-0.25, -0.2) is 0 Å². The minimum atomic E-state index is -1.96. The standard InChI is InChI=1S/C12H9O3P/c13-9-5-1-3-7-11(9)16(15)12-8-4-2-6-10(12)14/h1-8H,(H-,13,14,15)/p+1. The van der Waals surface area contributed by atoms with Gasteiger partial charge in [-0.2, -0.15) is 0 Å². The van der Waals surface area contributed by atoms with E-state index in [1.54, 1.807) is 36.4 Å². The third kappa shape index (κ3) is 1.90. The van der Waals surface area contributed by atoms with Crippen LogP contribution >= 0.6 is 7.80 Å². The van der Waals surface area contributed by atoms with Crippen LogP contribution in [0.3, 0.4) is 0 Å². The van der Waals surface area contributed by atoms with Crippen molar-refractivity contribution >= 4 is 18.4 Å². The Labute approximate surface area is 93.8 Å². The van der Waals surface area contributed by atoms with Crippen LogP contribution in [0.25, 0.3) is 0 Å². The molecular weight excluding hydrogens is 223 g/mol. The third-order valence-electron chi connectivity index (χ3n) is 2.20. The van der Waals surface area contributed by atoms with Crippen LogP contribution in [0.5, 0.6) is 11.5 Å². The third-order valence-corrected chi connectivity index (χ3v) is 3.83. The van der Waals surface area contributed by atoms with E-state index in [-0.39, 0.29) is 11.5 Å². The Balaban J connectivity index is 2.48. The number of para-hydroxylation sites is 2. The molecule has 0 aliphatic rings. The molecule has 0 radical (unpaired) electrons. The quantitative estimate of drug-likeness (QED) is 0.778. The number of phenols is 2. The molecule has 0 fully saturated rings. The molecule has 16 heavy (non-hydrogen) atoms. The second kappa shape index (κ2) is 4.33. The topological polar surface area (TPSA) is 57.5 Å². The smallest absolute Gasteiger partial charge is 0.423 e. The van der Waals surface area contributed by atoms with Gasteiger partial charge in [-0.3, -0.25) is 0 Å². The Bertz CT molecular complexity index is 490. The molecule has 0 atom stereocenters. The molecule has 0 bridgehead atoms. The van der Waals surface area contributed by atoms with Gasteiger partial charge < -0.3 is 10.2 Å². The summed E-state index contributed by atoms with van der Waals surface area (Å²) in [7, 11) is -1.96. The molecule has 0 amide bonds. The van der Waals surface area contributed by atoms with Crippen LogP contribution in [0.2, 0.25) is 0 Å². The number of hydrogen-bond donors (Lipinski definition) is 2. The molecule has 0 heterocycles. The van der Waals surface area contributed by atoms with Crippen LogP contribution in [0.4, 0.5) is 0 Å². The Morgan fingerprint density at radius 2 is 1.12 bits per heavy atom. The van der Waals surface area contributed by atoms with Crippen molar-refractivity contribution in [2.45, 2.75) is 0 Å². The molecular formula is C12H10O3P+. The summed E-state index contributed by atoms with van der Waals surface area (Å²) >= 11 is 0. The highest BCUT2D eigenvalue weighted by Crippen LogP contribution is 2.28. The number of aromatic hydroxyl groups is 2. The van der Waals surface area contributed by atoms with Crippen molar-refractivity contribution in [2.24, 2.45) is 0 Å². The summed E-state index contributed by atoms with van der Waals surface area (Å²) in [6.07, 6.45) is 0. The van der Waals surface area contributed by atoms with Gasteiger partial charge in [0, 0.05) is 0 Å². The Morgan fingerprint density at radius 1 is 0.750 bits per heavy atom. The lowest BCUT2D eigenvalue weighted by atomic mass is 10.3. The molecule has 80 valence electrons. The number of rotatable bonds is 2. The van der Waals surface area contributed by atoms with E-state index in [4.69, 9.17) is 0 Å². The van der Waals surface area contributed by atoms with E-state index in [9.17, 15) is 14.8 Å². The van der Waals surface area contributed by atoms with Crippen LogP contribution in [-0.4, -0.2) is 10.2 Å². The highest BCUT2D eigenvalue weighted by atomic mass is 31.1. The van der Waals surface area contributed by atoms with Crippen molar-refractivity contribution < 1.29 is 14.8 Å². The summed E-state index contributed by atoms with van der Waals surface area (Å²) in [6, 6.07) is 12.8. The average molecular weight is 233 g/mol. The first kappa shape index (κ1) is 10.7. The van der Waals surface area contributed by atoms with Crippen LogP contribution in [0.15, 0.2) is 48.5 Å². The van der Waals surface area contributed by atoms with Crippen LogP contribution < -0.4 is 10.6 Å². The molecule has 0 unspecified atom stereocenters. The van der Waals surface area contributed by atoms with E-state index in [1.807, 2.05) is 0 Å². The average Bonchev–Trinajstić information content (AvgIpc) is 2.29. The summed E-state index contributed by atoms with van der Waals surface area (Å²) in [6.45, 7) is 0. The van der Waals surface area contributed by atoms with Gasteiger partial charge in [-0.1, -0.05) is 28.8 Å². The Hall–Kier alpha value is -1.86. The second-order valence-corrected chi connectivity index (χ2v) is 4.82. The highest BCUT2D eigenvalue weighted by molar-refractivity contribution is 7.62. The normalized spacial score (nSPS) is 10.0. The Kier molecular flexibility index (Phi) is 2.88. The van der Waals surface area contributed by atoms with Crippen LogP contribution in [0, 0.1) is 0 Å². The maximum absolute atomic E-state index is 12.1. The number of phenolic OH excluding ortho intramolecular Hbond substituents is 2. The zero-order valence-corrected chi connectivity index (χ0v) is 9.26. The van der Waals surface area contributed by atoms with Crippen molar-refractivity contribution in [2.75, 3.05) is 0 Å². The van der Waals surface area contributed by atoms with E-state index in [1.165, 1.54) is 12.1 Å². The molecule has 2 rings (SSSR count). The zero-order valence-electron chi connectivity index (χ0n) is 8.37. The zero-order chi connectivity index (χ0) is 11.5. The number of hydrogen-bond acceptors (Lipinski definition) is 3. The lowest BCUT2D eigenvalue weighted by molar-refractivity contribution is 0.478. The fourth-order valence-corrected chi connectivity index (χ4v) is 2.67. The van der Waals surface area contributed by atoms with Gasteiger partial charge in [0.1, 0.15) is 0 Å². The molecule has 0 saturated carbocycles. The molecule has 0 spiro atoms. The summed E-state index contributed by atoms with van der Waals surface area (Å²) in [5.41, 5.74) is 0. The molecule has 0 saturated heterocycles. The van der Waals surface area contributed by atoms with Gasteiger partial charge in [0.05, 0.1) is 0 Å². The van der Waals surface area contributed by atoms with Crippen molar-refractivity contribution in [3.8, 4) is 11.5 Å². The van der Waals surface area contributed by atoms with Crippen LogP contribution in [-0.2, 0) is 4.57 Å². The summed E-state index contributed by atoms with van der Waals surface area (Å²) in [4.78, 5) is 0. The minimum Gasteiger partial charge on any atom is -0.504 e. The number of benzene rings is 2. The molecule has 4 heteroatoms. The van der Waals surface area contributed by atoms with Crippen molar-refractivity contribution in [1.29, 1.82) is 0 Å². The lowest BCUT2D eigenvalue weighted by Gasteiger charge is -1.95. The summed E-state index contributed by atoms with van der Waals surface area (Å²) < 4.78 is 12.1. The predicted octanol–water partition coefficient (Wildman–Crippen LogP) is 1.88. The van der Waals surface area contributed by atoms with E-state index < -0.39 is 7.80 Å². The molecule has 0 aromatic heterocycles. The first-order chi connectivity index (χ1) is 7.70. The van der Waals surface area contributed by atoms with Crippen LogP contribution in [0.1, 0.15) is 0 Å². The van der Waals surface area contributed by atoms with Crippen molar-refractivity contribution in [1.82, 2.24) is 0 Å². The second-order valence-electron chi connectivity index (χ2n) is 3.27. The van der Waals surface area contributed by atoms with Gasteiger partial charge >= 0.3 is 7.80 Å². The molecule has 2 aromatic carbocycles. The van der Waals surface area contributed by atoms with Crippen molar-refractivity contribution in [3.63, 3.8) is 0 Å². The van der Waals surface area contributed by atoms with E-state index in [2.05, 4.69) is 0 Å². The summed E-state index contributed by atoms with van der Waals surface area (Å²) in [5, 5.41) is 19.8. The molecule has 3 nitrogen and oxygen atoms in total. The van der Waals surface area contributed by atoms with Gasteiger partial charge in [-0.15, -0.1) is 0 Å². The molecule has 2 aromatic rings. The maximum Gasteiger partial charge on any atom is 0.423 e. The molecule has 2 N–H and O–H groups in total. The van der Waals surface area contributed by atoms with Crippen molar-refractivity contribution in [3.05, 3.63) is 48.5 Å². The SMILES string of the molecule is O=[P+](c1ccccc1O)c1ccccc1O. The first-order valence-corrected chi connectivity index (χ1v) is 5.99. The molecule has 0 aliphatic heterocycles. The monoisotopic (exact) mass is 233 g/mol. The van der Waals surface area contributed by atoms with Gasteiger partial charge in [-0.05, 0) is 24.3 Å². The lowest BCUT2D eigenvalue weighted by Crippen LogP contribution is -2.07. The predicted molar refractivity (Wildman–Crippen MR) is 63.1 cm³/mol. The highest BCUT2D eigenvalue weighted by Gasteiger charge is 2.29. The summed E-state index contributed by atoms with van der Waals surface area (Å²) in [5.74, 6) is -0.0428. The fourth-order valence-electron chi connectivity index (χ4n) is 1.40. The minimum absolute atomic E-state index is 0.0214. The van der Waals surface area contributed by atoms with Gasteiger partial charge in [0.25, 0.3) is 0 Å². The largest absolute Gasteiger partial charge is 0.504 e. The fraction of sp³-hybridized carbons (Fsp3) is 0. The van der Waals surface area contributed by atoms with E-state index >= 15 is 0 Å². The Morgan fingerprint density at radius 3 is 1.50 bits per heavy atom. The first-order valence-electron chi connectivity index (χ1n) is 4.73. The van der Waals surface area contributed by atoms with Gasteiger partial charge in [0.2, 0.25) is 10.6 Å². The van der Waals surface area contributed by atoms with E-state index in [0.29, 0.717) is 10.6 Å².